The van der Waals surface area contributed by atoms with Crippen LogP contribution in [0.25, 0.3) is 5.69 Å². The van der Waals surface area contributed by atoms with Crippen LogP contribution in [0, 0.1) is 5.41 Å². The summed E-state index contributed by atoms with van der Waals surface area (Å²) in [5, 5.41) is 4.54. The summed E-state index contributed by atoms with van der Waals surface area (Å²) in [5.41, 5.74) is 3.96. The highest BCUT2D eigenvalue weighted by Crippen LogP contribution is 2.44. The molecule has 2 saturated heterocycles. The number of likely N-dealkylation sites (tertiary alicyclic amines) is 1. The molecule has 2 aromatic heterocycles. The zero-order valence-electron chi connectivity index (χ0n) is 17.5. The molecule has 4 heterocycles. The van der Waals surface area contributed by atoms with E-state index in [-0.39, 0.29) is 5.41 Å². The summed E-state index contributed by atoms with van der Waals surface area (Å²) < 4.78 is 8.16. The number of hydrogen-bond acceptors (Lipinski definition) is 4. The smallest absolute Gasteiger partial charge is 0.0828 e. The van der Waals surface area contributed by atoms with Gasteiger partial charge in [0.2, 0.25) is 0 Å². The number of hydrogen-bond donors (Lipinski definition) is 0. The Morgan fingerprint density at radius 1 is 1.07 bits per heavy atom. The molecule has 0 spiro atoms. The minimum absolute atomic E-state index is 0.270. The van der Waals surface area contributed by atoms with Crippen molar-refractivity contribution in [3.63, 3.8) is 0 Å². The van der Waals surface area contributed by atoms with Crippen LogP contribution in [0.4, 0.5) is 0 Å². The predicted molar refractivity (Wildman–Crippen MR) is 117 cm³/mol. The van der Waals surface area contributed by atoms with Gasteiger partial charge in [0.25, 0.3) is 0 Å². The van der Waals surface area contributed by atoms with Crippen molar-refractivity contribution in [1.29, 1.82) is 0 Å². The van der Waals surface area contributed by atoms with Crippen LogP contribution in [0.3, 0.4) is 0 Å². The summed E-state index contributed by atoms with van der Waals surface area (Å²) in [4.78, 5) is 6.79. The standard InChI is InChI=1S/C25H30N4O/c1-2-6-21(7-3-1)10-11-25(24-9-5-15-30-24)12-14-28(20-25)18-22-16-27-29(19-22)23-8-4-13-26-17-23/h1-4,6-8,13,16-17,19,24H,5,9-12,14-15,18,20H2. The second-order valence-corrected chi connectivity index (χ2v) is 8.81. The lowest BCUT2D eigenvalue weighted by Crippen LogP contribution is -2.38. The monoisotopic (exact) mass is 402 g/mol. The van der Waals surface area contributed by atoms with Gasteiger partial charge in [0.05, 0.1) is 24.2 Å². The number of nitrogens with zero attached hydrogens (tertiary/aromatic N) is 4. The molecule has 0 saturated carbocycles. The molecule has 2 aliphatic heterocycles. The van der Waals surface area contributed by atoms with Crippen molar-refractivity contribution in [2.75, 3.05) is 19.7 Å². The lowest BCUT2D eigenvalue weighted by Gasteiger charge is -2.35. The molecule has 0 radical (unpaired) electrons. The Kier molecular flexibility index (Phi) is 5.65. The van der Waals surface area contributed by atoms with Crippen molar-refractivity contribution >= 4 is 0 Å². The summed E-state index contributed by atoms with van der Waals surface area (Å²) in [7, 11) is 0. The normalized spacial score (nSPS) is 24.5. The Balaban J connectivity index is 1.27. The average Bonchev–Trinajstić information content (AvgIpc) is 3.56. The first kappa shape index (κ1) is 19.5. The fourth-order valence-electron chi connectivity index (χ4n) is 5.18. The first-order chi connectivity index (χ1) is 14.8. The number of pyridine rings is 1. The number of benzene rings is 1. The van der Waals surface area contributed by atoms with Crippen LogP contribution in [0.2, 0.25) is 0 Å². The number of aryl methyl sites for hydroxylation is 1. The van der Waals surface area contributed by atoms with Gasteiger partial charge >= 0.3 is 0 Å². The number of ether oxygens (including phenoxy) is 1. The molecule has 0 N–H and O–H groups in total. The van der Waals surface area contributed by atoms with Crippen LogP contribution in [0.15, 0.2) is 67.3 Å². The maximum absolute atomic E-state index is 6.24. The second kappa shape index (κ2) is 8.70. The minimum atomic E-state index is 0.270. The van der Waals surface area contributed by atoms with E-state index in [0.717, 1.165) is 38.3 Å². The van der Waals surface area contributed by atoms with Gasteiger partial charge in [0.15, 0.2) is 0 Å². The van der Waals surface area contributed by atoms with E-state index < -0.39 is 0 Å². The topological polar surface area (TPSA) is 43.2 Å². The molecule has 2 fully saturated rings. The van der Waals surface area contributed by atoms with Gasteiger partial charge in [-0.05, 0) is 56.3 Å². The summed E-state index contributed by atoms with van der Waals surface area (Å²) in [6.45, 7) is 4.12. The molecule has 0 aliphatic carbocycles. The van der Waals surface area contributed by atoms with Crippen molar-refractivity contribution in [3.8, 4) is 5.69 Å². The molecular formula is C25H30N4O. The van der Waals surface area contributed by atoms with E-state index >= 15 is 0 Å². The lowest BCUT2D eigenvalue weighted by atomic mass is 9.75. The van der Waals surface area contributed by atoms with Crippen LogP contribution in [-0.4, -0.2) is 45.5 Å². The molecule has 2 aliphatic rings. The molecule has 5 heteroatoms. The minimum Gasteiger partial charge on any atom is -0.378 e. The van der Waals surface area contributed by atoms with Crippen molar-refractivity contribution < 1.29 is 4.74 Å². The molecule has 30 heavy (non-hydrogen) atoms. The van der Waals surface area contributed by atoms with Gasteiger partial charge in [-0.2, -0.15) is 5.10 Å². The fraction of sp³-hybridized carbons (Fsp3) is 0.440. The Bertz CT molecular complexity index is 936. The maximum atomic E-state index is 6.24. The van der Waals surface area contributed by atoms with Crippen LogP contribution >= 0.6 is 0 Å². The molecule has 0 bridgehead atoms. The zero-order chi connectivity index (χ0) is 20.2. The Morgan fingerprint density at radius 3 is 2.80 bits per heavy atom. The van der Waals surface area contributed by atoms with E-state index in [0.29, 0.717) is 6.10 Å². The quantitative estimate of drug-likeness (QED) is 0.592. The van der Waals surface area contributed by atoms with Crippen molar-refractivity contribution in [1.82, 2.24) is 19.7 Å². The van der Waals surface area contributed by atoms with Crippen molar-refractivity contribution in [2.24, 2.45) is 5.41 Å². The van der Waals surface area contributed by atoms with Gasteiger partial charge in [-0.15, -0.1) is 0 Å². The molecule has 1 aromatic carbocycles. The fourth-order valence-corrected chi connectivity index (χ4v) is 5.18. The molecular weight excluding hydrogens is 372 g/mol. The van der Waals surface area contributed by atoms with E-state index in [4.69, 9.17) is 4.74 Å². The molecule has 5 nitrogen and oxygen atoms in total. The molecule has 5 rings (SSSR count). The maximum Gasteiger partial charge on any atom is 0.0828 e. The predicted octanol–water partition coefficient (Wildman–Crippen LogP) is 4.27. The Morgan fingerprint density at radius 2 is 2.00 bits per heavy atom. The van der Waals surface area contributed by atoms with E-state index in [1.807, 2.05) is 29.2 Å². The highest BCUT2D eigenvalue weighted by molar-refractivity contribution is 5.27. The van der Waals surface area contributed by atoms with Crippen molar-refractivity contribution in [3.05, 3.63) is 78.4 Å². The van der Waals surface area contributed by atoms with E-state index in [2.05, 4.69) is 51.5 Å². The van der Waals surface area contributed by atoms with Gasteiger partial charge in [0.1, 0.15) is 0 Å². The third kappa shape index (κ3) is 4.18. The SMILES string of the molecule is c1ccc(CCC2(C3CCCO3)CCN(Cc3cnn(-c4cccnc4)c3)C2)cc1. The van der Waals surface area contributed by atoms with Crippen LogP contribution in [-0.2, 0) is 17.7 Å². The van der Waals surface area contributed by atoms with Gasteiger partial charge in [-0.3, -0.25) is 9.88 Å². The highest BCUT2D eigenvalue weighted by atomic mass is 16.5. The number of rotatable bonds is 7. The number of aromatic nitrogens is 3. The molecule has 2 unspecified atom stereocenters. The first-order valence-corrected chi connectivity index (χ1v) is 11.1. The van der Waals surface area contributed by atoms with E-state index in [9.17, 15) is 0 Å². The van der Waals surface area contributed by atoms with Crippen LogP contribution < -0.4 is 0 Å². The lowest BCUT2D eigenvalue weighted by molar-refractivity contribution is -0.00181. The molecule has 2 atom stereocenters. The Labute approximate surface area is 178 Å². The van der Waals surface area contributed by atoms with Crippen molar-refractivity contribution in [2.45, 2.75) is 44.8 Å². The summed E-state index contributed by atoms with van der Waals surface area (Å²) in [6.07, 6.45) is 14.1. The van der Waals surface area contributed by atoms with Gasteiger partial charge in [-0.1, -0.05) is 30.3 Å². The van der Waals surface area contributed by atoms with E-state index in [1.54, 1.807) is 6.20 Å². The molecule has 3 aromatic rings. The van der Waals surface area contributed by atoms with Gasteiger partial charge in [-0.25, -0.2) is 4.68 Å². The first-order valence-electron chi connectivity index (χ1n) is 11.1. The third-order valence-electron chi connectivity index (χ3n) is 6.78. The van der Waals surface area contributed by atoms with Crippen LogP contribution in [0.5, 0.6) is 0 Å². The molecule has 156 valence electrons. The van der Waals surface area contributed by atoms with Crippen LogP contribution in [0.1, 0.15) is 36.8 Å². The largest absolute Gasteiger partial charge is 0.378 e. The Hall–Kier alpha value is -2.50. The summed E-state index contributed by atoms with van der Waals surface area (Å²) in [6, 6.07) is 14.9. The van der Waals surface area contributed by atoms with Gasteiger partial charge in [0, 0.05) is 43.1 Å². The van der Waals surface area contributed by atoms with Gasteiger partial charge < -0.3 is 4.74 Å². The highest BCUT2D eigenvalue weighted by Gasteiger charge is 2.45. The van der Waals surface area contributed by atoms with E-state index in [1.165, 1.54) is 36.8 Å². The average molecular weight is 403 g/mol. The third-order valence-corrected chi connectivity index (χ3v) is 6.78. The molecule has 0 amide bonds. The summed E-state index contributed by atoms with van der Waals surface area (Å²) >= 11 is 0. The second-order valence-electron chi connectivity index (χ2n) is 8.81. The summed E-state index contributed by atoms with van der Waals surface area (Å²) in [5.74, 6) is 0. The zero-order valence-corrected chi connectivity index (χ0v) is 17.5.